The molecule has 20 heteroatoms. The van der Waals surface area contributed by atoms with Crippen LogP contribution in [0.4, 0.5) is 19.4 Å². The number of pyridine rings is 1. The molecule has 6 saturated heterocycles. The number of amides is 3. The second kappa shape index (κ2) is 20.3. The minimum absolute atomic E-state index is 0.00699. The summed E-state index contributed by atoms with van der Waals surface area (Å²) in [4.78, 5) is 74.7. The molecule has 3 amide bonds. The number of fused-ring (bicyclic) bond motifs is 4. The van der Waals surface area contributed by atoms with Gasteiger partial charge in [-0.05, 0) is 163 Å². The number of anilines is 1. The molecule has 81 heavy (non-hydrogen) atoms. The highest BCUT2D eigenvalue weighted by Gasteiger charge is 2.53. The number of benzene rings is 3. The molecular weight excluding hydrogens is 1040 g/mol. The number of nitrogens with zero attached hydrogens (tertiary/aromatic N) is 9. The Kier molecular flexibility index (Phi) is 13.3. The average Bonchev–Trinajstić information content (AvgIpc) is 4.11. The number of β-amino-alcohol motifs (C(OH)–C–C–N with tert-alkyl or cyclic N) is 1. The van der Waals surface area contributed by atoms with Crippen molar-refractivity contribution in [2.75, 3.05) is 63.9 Å². The van der Waals surface area contributed by atoms with Crippen LogP contribution in [0.25, 0.3) is 44.0 Å². The Morgan fingerprint density at radius 1 is 0.901 bits per heavy atom. The Morgan fingerprint density at radius 2 is 1.70 bits per heavy atom. The van der Waals surface area contributed by atoms with E-state index in [1.54, 1.807) is 18.5 Å². The molecule has 424 valence electrons. The van der Waals surface area contributed by atoms with Crippen molar-refractivity contribution in [2.24, 2.45) is 12.5 Å². The number of likely N-dealkylation sites (tertiary alicyclic amines) is 2. The van der Waals surface area contributed by atoms with Gasteiger partial charge < -0.3 is 29.5 Å². The number of nitrogens with one attached hydrogen (secondary N) is 1. The molecule has 7 fully saturated rings. The number of aromatic hydroxyl groups is 1. The van der Waals surface area contributed by atoms with Gasteiger partial charge in [-0.1, -0.05) is 18.1 Å². The highest BCUT2D eigenvalue weighted by Crippen LogP contribution is 2.53. The molecule has 1 saturated carbocycles. The molecular formula is C61H68F2N10O8. The molecule has 6 aromatic rings. The molecule has 2 unspecified atom stereocenters. The number of ether oxygens (including phenoxy) is 2. The van der Waals surface area contributed by atoms with Gasteiger partial charge >= 0.3 is 17.8 Å². The zero-order chi connectivity index (χ0) is 56.1. The molecule has 3 aromatic carbocycles. The largest absolute Gasteiger partial charge is 0.508 e. The van der Waals surface area contributed by atoms with Gasteiger partial charge in [0.25, 0.3) is 0 Å². The van der Waals surface area contributed by atoms with Crippen LogP contribution in [0.2, 0.25) is 0 Å². The first-order valence-corrected chi connectivity index (χ1v) is 28.9. The monoisotopic (exact) mass is 1110 g/mol. The summed E-state index contributed by atoms with van der Waals surface area (Å²) >= 11 is 0. The molecule has 3 N–H and O–H groups in total. The summed E-state index contributed by atoms with van der Waals surface area (Å²) in [7, 11) is 1.74. The standard InChI is InChI=1S/C61H68F2N10O8/c1-4-41-44(62)9-7-38-29-40(74)31-42(50(38)41)52-51(63)53-43(32-64-52)54(71-23-5-17-59(2,79)34-71)67-56(66-53)81-35-61-18-6-24-72(61)39(13-20-61)33-80-58(78)70-27-21-60(22-28-70)19-14-48(60)69-25-15-36(16-26-69)37-8-10-45-47(30-37)68(3)57(77)73(45)46-11-12-49(75)65-55(46)76/h1,7-10,29-32,36,39,46,48,74,79H,5-6,11-28,33-35H2,2-3H3,(H,65,75,76)/t39-,46?,48?,59+,61-/m0/s1. The smallest absolute Gasteiger partial charge is 0.409 e. The van der Waals surface area contributed by atoms with Crippen LogP contribution >= 0.6 is 0 Å². The molecule has 18 nitrogen and oxygen atoms in total. The van der Waals surface area contributed by atoms with Gasteiger partial charge in [-0.15, -0.1) is 6.42 Å². The molecule has 6 aliphatic heterocycles. The van der Waals surface area contributed by atoms with E-state index in [9.17, 15) is 29.4 Å². The number of aryl methyl sites for hydroxylation is 1. The van der Waals surface area contributed by atoms with Crippen LogP contribution in [0.15, 0.2) is 53.5 Å². The lowest BCUT2D eigenvalue weighted by Crippen LogP contribution is -2.60. The normalized spacial score (nSPS) is 26.3. The summed E-state index contributed by atoms with van der Waals surface area (Å²) in [6.45, 7) is 7.11. The summed E-state index contributed by atoms with van der Waals surface area (Å²) in [5, 5.41) is 25.2. The summed E-state index contributed by atoms with van der Waals surface area (Å²) in [5.41, 5.74) is 0.954. The van der Waals surface area contributed by atoms with Gasteiger partial charge in [-0.3, -0.25) is 38.8 Å². The van der Waals surface area contributed by atoms with Gasteiger partial charge in [0, 0.05) is 68.9 Å². The number of halogens is 2. The van der Waals surface area contributed by atoms with E-state index in [1.807, 2.05) is 15.9 Å². The lowest BCUT2D eigenvalue weighted by molar-refractivity contribution is -0.135. The predicted octanol–water partition coefficient (Wildman–Crippen LogP) is 7.43. The number of terminal acetylenes is 1. The number of hydrogen-bond acceptors (Lipinski definition) is 14. The Morgan fingerprint density at radius 3 is 2.46 bits per heavy atom. The fraction of sp³-hybridized carbons (Fsp3) is 0.525. The zero-order valence-corrected chi connectivity index (χ0v) is 45.9. The van der Waals surface area contributed by atoms with Crippen molar-refractivity contribution in [2.45, 2.75) is 132 Å². The predicted molar refractivity (Wildman–Crippen MR) is 299 cm³/mol. The van der Waals surface area contributed by atoms with E-state index < -0.39 is 29.2 Å². The number of phenolic OH excluding ortho intramolecular Hbond substituents is 1. The maximum atomic E-state index is 17.3. The lowest BCUT2D eigenvalue weighted by Gasteiger charge is -2.58. The number of rotatable bonds is 10. The Bertz CT molecular complexity index is 3650. The lowest BCUT2D eigenvalue weighted by atomic mass is 9.58. The van der Waals surface area contributed by atoms with Crippen molar-refractivity contribution in [3.8, 4) is 35.4 Å². The van der Waals surface area contributed by atoms with E-state index in [2.05, 4.69) is 43.1 Å². The van der Waals surface area contributed by atoms with Crippen LogP contribution in [0.5, 0.6) is 11.8 Å². The Balaban J connectivity index is 0.644. The van der Waals surface area contributed by atoms with E-state index >= 15 is 8.78 Å². The Labute approximate surface area is 467 Å². The number of piperidine rings is 4. The quantitative estimate of drug-likeness (QED) is 0.0904. The summed E-state index contributed by atoms with van der Waals surface area (Å²) in [6.07, 6.45) is 18.3. The third-order valence-corrected chi connectivity index (χ3v) is 19.7. The maximum absolute atomic E-state index is 17.3. The zero-order valence-electron chi connectivity index (χ0n) is 45.9. The fourth-order valence-electron chi connectivity index (χ4n) is 15.3. The molecule has 9 heterocycles. The maximum Gasteiger partial charge on any atom is 0.409 e. The molecule has 7 aliphatic rings. The molecule has 0 bridgehead atoms. The van der Waals surface area contributed by atoms with Crippen molar-refractivity contribution in [1.29, 1.82) is 0 Å². The minimum Gasteiger partial charge on any atom is -0.508 e. The highest BCUT2D eigenvalue weighted by molar-refractivity contribution is 6.03. The van der Waals surface area contributed by atoms with Gasteiger partial charge in [-0.25, -0.2) is 18.4 Å². The van der Waals surface area contributed by atoms with Crippen molar-refractivity contribution in [1.82, 2.24) is 44.1 Å². The second-order valence-corrected chi connectivity index (χ2v) is 24.4. The number of aromatic nitrogens is 5. The van der Waals surface area contributed by atoms with Crippen molar-refractivity contribution in [3.63, 3.8) is 0 Å². The van der Waals surface area contributed by atoms with E-state index in [1.165, 1.54) is 40.6 Å². The van der Waals surface area contributed by atoms with Gasteiger partial charge in [-0.2, -0.15) is 9.97 Å². The van der Waals surface area contributed by atoms with Crippen LogP contribution in [0.3, 0.4) is 0 Å². The summed E-state index contributed by atoms with van der Waals surface area (Å²) < 4.78 is 48.2. The van der Waals surface area contributed by atoms with E-state index in [4.69, 9.17) is 20.9 Å². The minimum atomic E-state index is -1.02. The first-order valence-electron chi connectivity index (χ1n) is 28.9. The first kappa shape index (κ1) is 53.1. The fourth-order valence-corrected chi connectivity index (χ4v) is 15.3. The number of imide groups is 1. The average molecular weight is 1110 g/mol. The van der Waals surface area contributed by atoms with E-state index in [-0.39, 0.29) is 100 Å². The number of imidazole rings is 1. The molecule has 1 spiro atoms. The van der Waals surface area contributed by atoms with E-state index in [0.29, 0.717) is 73.0 Å². The number of hydrogen-bond donors (Lipinski definition) is 3. The molecule has 0 radical (unpaired) electrons. The van der Waals surface area contributed by atoms with Gasteiger partial charge in [0.2, 0.25) is 11.8 Å². The second-order valence-electron chi connectivity index (χ2n) is 24.4. The van der Waals surface area contributed by atoms with E-state index in [0.717, 1.165) is 89.4 Å². The van der Waals surface area contributed by atoms with Crippen molar-refractivity contribution in [3.05, 3.63) is 81.9 Å². The number of carbonyl (C=O) groups excluding carboxylic acids is 3. The summed E-state index contributed by atoms with van der Waals surface area (Å²) in [6, 6.07) is 11.3. The molecule has 1 aliphatic carbocycles. The van der Waals surface area contributed by atoms with Crippen molar-refractivity contribution < 1.29 is 42.9 Å². The van der Waals surface area contributed by atoms with Crippen LogP contribution in [0.1, 0.15) is 120 Å². The summed E-state index contributed by atoms with van der Waals surface area (Å²) in [5.74, 6) is 0.683. The molecule has 3 aromatic heterocycles. The third-order valence-electron chi connectivity index (χ3n) is 19.7. The number of phenols is 1. The van der Waals surface area contributed by atoms with Crippen molar-refractivity contribution >= 4 is 56.4 Å². The first-order chi connectivity index (χ1) is 39.0. The van der Waals surface area contributed by atoms with Crippen LogP contribution < -0.4 is 20.6 Å². The Hall–Kier alpha value is -7.21. The molecule has 13 rings (SSSR count). The molecule has 5 atom stereocenters. The van der Waals surface area contributed by atoms with Crippen LogP contribution in [-0.4, -0.2) is 149 Å². The van der Waals surface area contributed by atoms with Crippen LogP contribution in [-0.2, 0) is 21.4 Å². The van der Waals surface area contributed by atoms with Gasteiger partial charge in [0.15, 0.2) is 5.82 Å². The van der Waals surface area contributed by atoms with Crippen LogP contribution in [0, 0.1) is 29.4 Å². The number of aliphatic hydroxyl groups is 1. The number of carbonyl (C=O) groups is 3. The van der Waals surface area contributed by atoms with Gasteiger partial charge in [0.1, 0.15) is 47.9 Å². The van der Waals surface area contributed by atoms with Gasteiger partial charge in [0.05, 0.1) is 33.1 Å². The SMILES string of the molecule is C#Cc1c(F)ccc2cc(O)cc(-c3ncc4c(N5CCC[C@@](C)(O)C5)nc(OC[C@@]56CCCN5[C@H](COC(=O)N5CCC7(CCC7N7CCC(c8ccc9c(c8)n(C)c(=O)n9C8CCC(=O)NC8=O)CC7)CC5)CC6)nc4c3F)c12. The third kappa shape index (κ3) is 9.23. The highest BCUT2D eigenvalue weighted by atomic mass is 19.1. The topological polar surface area (TPSA) is 201 Å².